The van der Waals surface area contributed by atoms with Gasteiger partial charge in [0, 0.05) is 6.42 Å². The second-order valence-corrected chi connectivity index (χ2v) is 7.21. The van der Waals surface area contributed by atoms with Gasteiger partial charge in [0.2, 0.25) is 0 Å². The summed E-state index contributed by atoms with van der Waals surface area (Å²) in [7, 11) is -0.685. The highest BCUT2D eigenvalue weighted by molar-refractivity contribution is 7.91. The molecule has 0 N–H and O–H groups in total. The number of hydrogen-bond donors (Lipinski definition) is 0. The van der Waals surface area contributed by atoms with E-state index in [2.05, 4.69) is 9.47 Å². The van der Waals surface area contributed by atoms with E-state index in [9.17, 15) is 18.0 Å². The number of carbonyl (C=O) groups excluding carboxylic acids is 2. The Hall–Kier alpha value is -1.11. The standard InChI is InChI=1S/C12H20O6S/c1-17-10(13)4-3-7-19(15,16)9-12(5-6-12)8-11(14)18-2/h3-9H2,1-2H3. The average Bonchev–Trinajstić information content (AvgIpc) is 3.06. The van der Waals surface area contributed by atoms with Gasteiger partial charge in [-0.3, -0.25) is 9.59 Å². The minimum absolute atomic E-state index is 0.00370. The molecule has 1 rings (SSSR count). The SMILES string of the molecule is COC(=O)CCCS(=O)(=O)CC1(CC(=O)OC)CC1. The molecule has 0 radical (unpaired) electrons. The maximum atomic E-state index is 11.9. The summed E-state index contributed by atoms with van der Waals surface area (Å²) >= 11 is 0. The molecule has 7 heteroatoms. The summed E-state index contributed by atoms with van der Waals surface area (Å²) in [5.41, 5.74) is -0.433. The molecule has 0 aromatic carbocycles. The molecule has 1 fully saturated rings. The van der Waals surface area contributed by atoms with E-state index in [0.29, 0.717) is 0 Å². The van der Waals surface area contributed by atoms with Crippen molar-refractivity contribution in [2.75, 3.05) is 25.7 Å². The molecule has 110 valence electrons. The average molecular weight is 292 g/mol. The Morgan fingerprint density at radius 2 is 1.68 bits per heavy atom. The van der Waals surface area contributed by atoms with Crippen molar-refractivity contribution in [2.24, 2.45) is 5.41 Å². The third-order valence-electron chi connectivity index (χ3n) is 3.29. The monoisotopic (exact) mass is 292 g/mol. The zero-order valence-corrected chi connectivity index (χ0v) is 12.1. The molecule has 0 unspecified atom stereocenters. The summed E-state index contributed by atoms with van der Waals surface area (Å²) in [6.07, 6.45) is 1.97. The summed E-state index contributed by atoms with van der Waals surface area (Å²) in [6.45, 7) is 0. The Kier molecular flexibility index (Phi) is 5.34. The maximum absolute atomic E-state index is 11.9. The fourth-order valence-electron chi connectivity index (χ4n) is 2.00. The highest BCUT2D eigenvalue weighted by Gasteiger charge is 2.47. The van der Waals surface area contributed by atoms with Crippen LogP contribution >= 0.6 is 0 Å². The van der Waals surface area contributed by atoms with Gasteiger partial charge in [-0.1, -0.05) is 0 Å². The maximum Gasteiger partial charge on any atom is 0.306 e. The highest BCUT2D eigenvalue weighted by atomic mass is 32.2. The second kappa shape index (κ2) is 6.36. The van der Waals surface area contributed by atoms with Crippen LogP contribution in [0.5, 0.6) is 0 Å². The van der Waals surface area contributed by atoms with E-state index in [0.717, 1.165) is 12.8 Å². The first-order chi connectivity index (χ1) is 8.82. The highest BCUT2D eigenvalue weighted by Crippen LogP contribution is 2.50. The molecule has 1 aliphatic rings. The Morgan fingerprint density at radius 3 is 2.16 bits per heavy atom. The molecule has 1 aliphatic carbocycles. The molecule has 0 amide bonds. The number of esters is 2. The van der Waals surface area contributed by atoms with Crippen molar-refractivity contribution in [1.82, 2.24) is 0 Å². The number of carbonyl (C=O) groups is 2. The molecule has 0 saturated heterocycles. The van der Waals surface area contributed by atoms with Crippen LogP contribution in [0.3, 0.4) is 0 Å². The van der Waals surface area contributed by atoms with Crippen molar-refractivity contribution in [3.63, 3.8) is 0 Å². The predicted octanol–water partition coefficient (Wildman–Crippen LogP) is 0.698. The number of hydrogen-bond acceptors (Lipinski definition) is 6. The van der Waals surface area contributed by atoms with Crippen LogP contribution in [-0.2, 0) is 28.9 Å². The van der Waals surface area contributed by atoms with E-state index in [4.69, 9.17) is 0 Å². The number of methoxy groups -OCH3 is 2. The van der Waals surface area contributed by atoms with E-state index in [1.807, 2.05) is 0 Å². The lowest BCUT2D eigenvalue weighted by Crippen LogP contribution is -2.23. The van der Waals surface area contributed by atoms with E-state index in [1.54, 1.807) is 0 Å². The van der Waals surface area contributed by atoms with Crippen molar-refractivity contribution < 1.29 is 27.5 Å². The molecule has 0 bridgehead atoms. The van der Waals surface area contributed by atoms with Gasteiger partial charge in [-0.15, -0.1) is 0 Å². The molecule has 0 aromatic rings. The van der Waals surface area contributed by atoms with Crippen molar-refractivity contribution in [3.8, 4) is 0 Å². The molecule has 19 heavy (non-hydrogen) atoms. The van der Waals surface area contributed by atoms with Crippen LogP contribution in [0.1, 0.15) is 32.1 Å². The van der Waals surface area contributed by atoms with Gasteiger partial charge in [0.25, 0.3) is 0 Å². The first kappa shape index (κ1) is 15.9. The van der Waals surface area contributed by atoms with Gasteiger partial charge in [0.15, 0.2) is 9.84 Å². The summed E-state index contributed by atoms with van der Waals surface area (Å²) in [5.74, 6) is -0.838. The molecule has 0 aliphatic heterocycles. The van der Waals surface area contributed by atoms with E-state index in [1.165, 1.54) is 14.2 Å². The lowest BCUT2D eigenvalue weighted by molar-refractivity contribution is -0.142. The van der Waals surface area contributed by atoms with Gasteiger partial charge in [0.05, 0.1) is 32.1 Å². The summed E-state index contributed by atoms with van der Waals surface area (Å²) < 4.78 is 32.9. The van der Waals surface area contributed by atoms with Gasteiger partial charge in [-0.2, -0.15) is 0 Å². The Morgan fingerprint density at radius 1 is 1.11 bits per heavy atom. The zero-order valence-electron chi connectivity index (χ0n) is 11.3. The lowest BCUT2D eigenvalue weighted by Gasteiger charge is -2.13. The largest absolute Gasteiger partial charge is 0.469 e. The summed E-state index contributed by atoms with van der Waals surface area (Å²) in [5, 5.41) is 0. The summed E-state index contributed by atoms with van der Waals surface area (Å²) in [4.78, 5) is 22.1. The van der Waals surface area contributed by atoms with Crippen LogP contribution in [-0.4, -0.2) is 46.1 Å². The minimum Gasteiger partial charge on any atom is -0.469 e. The fourth-order valence-corrected chi connectivity index (χ4v) is 4.06. The smallest absolute Gasteiger partial charge is 0.306 e. The number of ether oxygens (including phenoxy) is 2. The van der Waals surface area contributed by atoms with Crippen LogP contribution in [0, 0.1) is 5.41 Å². The molecule has 1 saturated carbocycles. The van der Waals surface area contributed by atoms with Gasteiger partial charge in [-0.05, 0) is 24.7 Å². The van der Waals surface area contributed by atoms with Crippen LogP contribution in [0.15, 0.2) is 0 Å². The Bertz CT molecular complexity index is 435. The predicted molar refractivity (Wildman–Crippen MR) is 68.2 cm³/mol. The fraction of sp³-hybridized carbons (Fsp3) is 0.833. The molecule has 6 nitrogen and oxygen atoms in total. The van der Waals surface area contributed by atoms with Crippen LogP contribution in [0.25, 0.3) is 0 Å². The van der Waals surface area contributed by atoms with Crippen LogP contribution in [0.2, 0.25) is 0 Å². The quantitative estimate of drug-likeness (QED) is 0.612. The third-order valence-corrected chi connectivity index (χ3v) is 5.26. The van der Waals surface area contributed by atoms with Crippen LogP contribution in [0.4, 0.5) is 0 Å². The normalized spacial score (nSPS) is 16.7. The number of sulfone groups is 1. The van der Waals surface area contributed by atoms with E-state index < -0.39 is 21.2 Å². The molecule has 0 heterocycles. The molecule has 0 aromatic heterocycles. The van der Waals surface area contributed by atoms with Gasteiger partial charge < -0.3 is 9.47 Å². The van der Waals surface area contributed by atoms with Gasteiger partial charge in [-0.25, -0.2) is 8.42 Å². The molecular weight excluding hydrogens is 272 g/mol. The van der Waals surface area contributed by atoms with Crippen molar-refractivity contribution in [3.05, 3.63) is 0 Å². The first-order valence-electron chi connectivity index (χ1n) is 6.16. The van der Waals surface area contributed by atoms with Crippen molar-refractivity contribution in [2.45, 2.75) is 32.1 Å². The summed E-state index contributed by atoms with van der Waals surface area (Å²) in [6, 6.07) is 0. The van der Waals surface area contributed by atoms with E-state index >= 15 is 0 Å². The van der Waals surface area contributed by atoms with E-state index in [-0.39, 0.29) is 36.7 Å². The second-order valence-electron chi connectivity index (χ2n) is 5.02. The molecular formula is C12H20O6S. The van der Waals surface area contributed by atoms with Crippen molar-refractivity contribution in [1.29, 1.82) is 0 Å². The molecule has 0 spiro atoms. The minimum atomic E-state index is -3.25. The Balaban J connectivity index is 2.42. The first-order valence-corrected chi connectivity index (χ1v) is 7.99. The van der Waals surface area contributed by atoms with Crippen LogP contribution < -0.4 is 0 Å². The van der Waals surface area contributed by atoms with Gasteiger partial charge >= 0.3 is 11.9 Å². The van der Waals surface area contributed by atoms with Gasteiger partial charge in [0.1, 0.15) is 0 Å². The Labute approximate surface area is 113 Å². The number of rotatable bonds is 8. The lowest BCUT2D eigenvalue weighted by atomic mass is 10.1. The third kappa shape index (κ3) is 5.59. The zero-order chi connectivity index (χ0) is 14.5. The topological polar surface area (TPSA) is 86.7 Å². The molecule has 0 atom stereocenters. The van der Waals surface area contributed by atoms with Crippen molar-refractivity contribution >= 4 is 21.8 Å².